The van der Waals surface area contributed by atoms with Gasteiger partial charge >= 0.3 is 0 Å². The second-order valence-electron chi connectivity index (χ2n) is 5.09. The Hall–Kier alpha value is -2.96. The smallest absolute Gasteiger partial charge is 0.251 e. The first kappa shape index (κ1) is 15.0. The SMILES string of the molecule is CNc1cc(C(=O)NCCCn2nnc3ccccc32)ccn1. The first-order chi connectivity index (χ1) is 11.3. The molecule has 0 atom stereocenters. The van der Waals surface area contributed by atoms with Gasteiger partial charge in [0.1, 0.15) is 11.3 Å². The summed E-state index contributed by atoms with van der Waals surface area (Å²) in [5.41, 5.74) is 2.48. The van der Waals surface area contributed by atoms with Gasteiger partial charge < -0.3 is 10.6 Å². The molecule has 2 aromatic heterocycles. The lowest BCUT2D eigenvalue weighted by molar-refractivity contribution is 0.0952. The highest BCUT2D eigenvalue weighted by atomic mass is 16.1. The van der Waals surface area contributed by atoms with E-state index in [4.69, 9.17) is 0 Å². The molecule has 0 aliphatic heterocycles. The number of pyridine rings is 1. The van der Waals surface area contributed by atoms with E-state index in [2.05, 4.69) is 25.9 Å². The fourth-order valence-electron chi connectivity index (χ4n) is 2.32. The Kier molecular flexibility index (Phi) is 4.46. The molecule has 23 heavy (non-hydrogen) atoms. The van der Waals surface area contributed by atoms with E-state index in [9.17, 15) is 4.79 Å². The fourth-order valence-corrected chi connectivity index (χ4v) is 2.32. The van der Waals surface area contributed by atoms with Gasteiger partial charge in [-0.05, 0) is 30.7 Å². The Bertz CT molecular complexity index is 813. The molecule has 0 unspecified atom stereocenters. The molecule has 0 spiro atoms. The van der Waals surface area contributed by atoms with Crippen LogP contribution in [0.3, 0.4) is 0 Å². The van der Waals surface area contributed by atoms with Crippen molar-refractivity contribution >= 4 is 22.8 Å². The van der Waals surface area contributed by atoms with Gasteiger partial charge in [-0.15, -0.1) is 5.10 Å². The van der Waals surface area contributed by atoms with Gasteiger partial charge in [0.15, 0.2) is 0 Å². The number of benzene rings is 1. The van der Waals surface area contributed by atoms with Gasteiger partial charge in [-0.3, -0.25) is 4.79 Å². The number of nitrogens with zero attached hydrogens (tertiary/aromatic N) is 4. The number of amides is 1. The van der Waals surface area contributed by atoms with Crippen LogP contribution in [-0.2, 0) is 6.54 Å². The molecule has 1 aromatic carbocycles. The number of rotatable bonds is 6. The average molecular weight is 310 g/mol. The molecule has 1 amide bonds. The lowest BCUT2D eigenvalue weighted by Crippen LogP contribution is -2.25. The summed E-state index contributed by atoms with van der Waals surface area (Å²) in [4.78, 5) is 16.2. The summed E-state index contributed by atoms with van der Waals surface area (Å²) in [5, 5.41) is 14.1. The predicted molar refractivity (Wildman–Crippen MR) is 88.3 cm³/mol. The third kappa shape index (κ3) is 3.45. The minimum Gasteiger partial charge on any atom is -0.373 e. The van der Waals surface area contributed by atoms with Crippen molar-refractivity contribution in [2.45, 2.75) is 13.0 Å². The van der Waals surface area contributed by atoms with Crippen LogP contribution in [0.1, 0.15) is 16.8 Å². The van der Waals surface area contributed by atoms with Crippen LogP contribution in [0.15, 0.2) is 42.6 Å². The summed E-state index contributed by atoms with van der Waals surface area (Å²) < 4.78 is 1.85. The van der Waals surface area contributed by atoms with E-state index in [1.54, 1.807) is 25.4 Å². The van der Waals surface area contributed by atoms with Gasteiger partial charge in [0.2, 0.25) is 0 Å². The molecule has 0 radical (unpaired) electrons. The molecule has 7 heteroatoms. The number of carbonyl (C=O) groups is 1. The van der Waals surface area contributed by atoms with Crippen molar-refractivity contribution in [1.82, 2.24) is 25.3 Å². The van der Waals surface area contributed by atoms with Crippen molar-refractivity contribution in [2.75, 3.05) is 18.9 Å². The van der Waals surface area contributed by atoms with Crippen LogP contribution in [0.2, 0.25) is 0 Å². The molecule has 0 bridgehead atoms. The van der Waals surface area contributed by atoms with Crippen LogP contribution >= 0.6 is 0 Å². The molecule has 0 saturated carbocycles. The van der Waals surface area contributed by atoms with Crippen LogP contribution in [0.25, 0.3) is 11.0 Å². The average Bonchev–Trinajstić information content (AvgIpc) is 3.02. The second-order valence-corrected chi connectivity index (χ2v) is 5.09. The first-order valence-electron chi connectivity index (χ1n) is 7.48. The number of nitrogens with one attached hydrogen (secondary N) is 2. The van der Waals surface area contributed by atoms with Crippen molar-refractivity contribution in [3.8, 4) is 0 Å². The van der Waals surface area contributed by atoms with Crippen molar-refractivity contribution < 1.29 is 4.79 Å². The number of fused-ring (bicyclic) bond motifs is 1. The van der Waals surface area contributed by atoms with E-state index in [0.717, 1.165) is 17.5 Å². The van der Waals surface area contributed by atoms with Gasteiger partial charge in [-0.2, -0.15) is 0 Å². The maximum absolute atomic E-state index is 12.1. The molecule has 0 aliphatic rings. The quantitative estimate of drug-likeness (QED) is 0.677. The zero-order valence-electron chi connectivity index (χ0n) is 12.9. The maximum atomic E-state index is 12.1. The van der Waals surface area contributed by atoms with Gasteiger partial charge in [0, 0.05) is 31.9 Å². The summed E-state index contributed by atoms with van der Waals surface area (Å²) in [6.45, 7) is 1.28. The number of anilines is 1. The number of para-hydroxylation sites is 1. The molecule has 2 heterocycles. The monoisotopic (exact) mass is 310 g/mol. The van der Waals surface area contributed by atoms with Crippen molar-refractivity contribution in [3.05, 3.63) is 48.2 Å². The third-order valence-electron chi connectivity index (χ3n) is 3.53. The molecule has 0 aliphatic carbocycles. The predicted octanol–water partition coefficient (Wildman–Crippen LogP) is 1.69. The van der Waals surface area contributed by atoms with Crippen molar-refractivity contribution in [2.24, 2.45) is 0 Å². The second kappa shape index (κ2) is 6.87. The molecule has 0 saturated heterocycles. The Balaban J connectivity index is 1.52. The summed E-state index contributed by atoms with van der Waals surface area (Å²) in [7, 11) is 1.77. The lowest BCUT2D eigenvalue weighted by atomic mass is 10.2. The highest BCUT2D eigenvalue weighted by molar-refractivity contribution is 5.94. The molecule has 3 rings (SSSR count). The van der Waals surface area contributed by atoms with Crippen LogP contribution in [0.4, 0.5) is 5.82 Å². The molecule has 2 N–H and O–H groups in total. The Morgan fingerprint density at radius 3 is 3.00 bits per heavy atom. The highest BCUT2D eigenvalue weighted by Crippen LogP contribution is 2.10. The Labute approximate surface area is 133 Å². The van der Waals surface area contributed by atoms with Gasteiger partial charge in [0.25, 0.3) is 5.91 Å². The van der Waals surface area contributed by atoms with E-state index >= 15 is 0 Å². The van der Waals surface area contributed by atoms with E-state index in [0.29, 0.717) is 24.5 Å². The first-order valence-corrected chi connectivity index (χ1v) is 7.48. The van der Waals surface area contributed by atoms with Crippen LogP contribution in [-0.4, -0.2) is 39.5 Å². The molecule has 118 valence electrons. The number of aromatic nitrogens is 4. The molecular formula is C16H18N6O. The summed E-state index contributed by atoms with van der Waals surface area (Å²) >= 11 is 0. The van der Waals surface area contributed by atoms with Crippen LogP contribution in [0.5, 0.6) is 0 Å². The normalized spacial score (nSPS) is 10.7. The molecular weight excluding hydrogens is 292 g/mol. The Morgan fingerprint density at radius 1 is 1.26 bits per heavy atom. The van der Waals surface area contributed by atoms with E-state index in [1.807, 2.05) is 28.9 Å². The fraction of sp³-hybridized carbons (Fsp3) is 0.250. The van der Waals surface area contributed by atoms with Crippen molar-refractivity contribution in [3.63, 3.8) is 0 Å². The number of carbonyl (C=O) groups excluding carboxylic acids is 1. The standard InChI is InChI=1S/C16H18N6O/c1-17-15-11-12(7-9-18-15)16(23)19-8-4-10-22-14-6-3-2-5-13(14)20-21-22/h2-3,5-7,9,11H,4,8,10H2,1H3,(H,17,18)(H,19,23). The third-order valence-corrected chi connectivity index (χ3v) is 3.53. The minimum absolute atomic E-state index is 0.104. The van der Waals surface area contributed by atoms with Crippen LogP contribution < -0.4 is 10.6 Å². The van der Waals surface area contributed by atoms with Gasteiger partial charge in [-0.25, -0.2) is 9.67 Å². The summed E-state index contributed by atoms with van der Waals surface area (Å²) in [6.07, 6.45) is 2.39. The zero-order valence-corrected chi connectivity index (χ0v) is 12.9. The highest BCUT2D eigenvalue weighted by Gasteiger charge is 2.07. The van der Waals surface area contributed by atoms with E-state index in [-0.39, 0.29) is 5.91 Å². The molecule has 7 nitrogen and oxygen atoms in total. The molecule has 0 fully saturated rings. The summed E-state index contributed by atoms with van der Waals surface area (Å²) in [5.74, 6) is 0.569. The number of aryl methyl sites for hydroxylation is 1. The maximum Gasteiger partial charge on any atom is 0.251 e. The molecule has 3 aromatic rings. The summed E-state index contributed by atoms with van der Waals surface area (Å²) in [6, 6.07) is 11.2. The minimum atomic E-state index is -0.104. The number of hydrogen-bond acceptors (Lipinski definition) is 5. The Morgan fingerprint density at radius 2 is 2.13 bits per heavy atom. The zero-order chi connectivity index (χ0) is 16.1. The lowest BCUT2D eigenvalue weighted by Gasteiger charge is -2.07. The largest absolute Gasteiger partial charge is 0.373 e. The van der Waals surface area contributed by atoms with Gasteiger partial charge in [-0.1, -0.05) is 17.3 Å². The van der Waals surface area contributed by atoms with Gasteiger partial charge in [0.05, 0.1) is 5.52 Å². The topological polar surface area (TPSA) is 84.7 Å². The number of hydrogen-bond donors (Lipinski definition) is 2. The van der Waals surface area contributed by atoms with Crippen molar-refractivity contribution in [1.29, 1.82) is 0 Å². The van der Waals surface area contributed by atoms with E-state index in [1.165, 1.54) is 0 Å². The van der Waals surface area contributed by atoms with E-state index < -0.39 is 0 Å². The van der Waals surface area contributed by atoms with Crippen LogP contribution in [0, 0.1) is 0 Å².